The summed E-state index contributed by atoms with van der Waals surface area (Å²) in [5.74, 6) is 0.643. The van der Waals surface area contributed by atoms with Crippen molar-refractivity contribution in [2.75, 3.05) is 6.61 Å². The van der Waals surface area contributed by atoms with Crippen LogP contribution in [0.5, 0.6) is 0 Å². The van der Waals surface area contributed by atoms with Gasteiger partial charge in [0.05, 0.1) is 11.7 Å². The molecule has 0 bridgehead atoms. The third-order valence-corrected chi connectivity index (χ3v) is 3.47. The first-order valence-electron chi connectivity index (χ1n) is 6.23. The highest BCUT2D eigenvalue weighted by molar-refractivity contribution is 4.84. The van der Waals surface area contributed by atoms with Gasteiger partial charge in [0.25, 0.3) is 0 Å². The molecule has 0 aliphatic heterocycles. The maximum atomic E-state index is 10.1. The van der Waals surface area contributed by atoms with Crippen LogP contribution in [-0.2, 0) is 0 Å². The van der Waals surface area contributed by atoms with Gasteiger partial charge in [-0.2, -0.15) is 0 Å². The zero-order valence-electron chi connectivity index (χ0n) is 11.3. The van der Waals surface area contributed by atoms with Crippen molar-refractivity contribution in [2.24, 2.45) is 17.8 Å². The van der Waals surface area contributed by atoms with Crippen molar-refractivity contribution in [3.05, 3.63) is 0 Å². The Morgan fingerprint density at radius 2 is 1.56 bits per heavy atom. The first-order valence-corrected chi connectivity index (χ1v) is 6.23. The zero-order chi connectivity index (χ0) is 12.9. The summed E-state index contributed by atoms with van der Waals surface area (Å²) in [6, 6.07) is 0. The van der Waals surface area contributed by atoms with Gasteiger partial charge in [-0.3, -0.25) is 0 Å². The van der Waals surface area contributed by atoms with Crippen LogP contribution in [0, 0.1) is 17.8 Å². The normalized spacial score (nSPS) is 19.9. The quantitative estimate of drug-likeness (QED) is 0.627. The van der Waals surface area contributed by atoms with Gasteiger partial charge in [-0.05, 0) is 37.5 Å². The van der Waals surface area contributed by atoms with E-state index in [0.717, 1.165) is 6.42 Å². The summed E-state index contributed by atoms with van der Waals surface area (Å²) in [5, 5.41) is 29.2. The van der Waals surface area contributed by atoms with Crippen molar-refractivity contribution in [1.29, 1.82) is 0 Å². The van der Waals surface area contributed by atoms with E-state index in [4.69, 9.17) is 0 Å². The Hall–Kier alpha value is -0.120. The highest BCUT2D eigenvalue weighted by Crippen LogP contribution is 2.26. The summed E-state index contributed by atoms with van der Waals surface area (Å²) >= 11 is 0. The monoisotopic (exact) mass is 232 g/mol. The summed E-state index contributed by atoms with van der Waals surface area (Å²) in [6.07, 6.45) is 0.555. The number of aliphatic hydroxyl groups excluding tert-OH is 2. The predicted octanol–water partition coefficient (Wildman–Crippen LogP) is 1.80. The fourth-order valence-electron chi connectivity index (χ4n) is 1.98. The van der Waals surface area contributed by atoms with Crippen molar-refractivity contribution >= 4 is 0 Å². The minimum absolute atomic E-state index is 0.0432. The average Bonchev–Trinajstić information content (AvgIpc) is 2.16. The van der Waals surface area contributed by atoms with Crippen LogP contribution in [0.25, 0.3) is 0 Å². The summed E-state index contributed by atoms with van der Waals surface area (Å²) in [4.78, 5) is 0. The van der Waals surface area contributed by atoms with Crippen LogP contribution in [0.2, 0.25) is 0 Å². The van der Waals surface area contributed by atoms with Gasteiger partial charge in [-0.25, -0.2) is 0 Å². The molecule has 0 rings (SSSR count). The molecule has 0 saturated carbocycles. The Kier molecular flexibility index (Phi) is 6.53. The van der Waals surface area contributed by atoms with E-state index in [-0.39, 0.29) is 18.4 Å². The largest absolute Gasteiger partial charge is 0.396 e. The fraction of sp³-hybridized carbons (Fsp3) is 1.00. The van der Waals surface area contributed by atoms with E-state index in [0.29, 0.717) is 12.3 Å². The molecule has 3 N–H and O–H groups in total. The van der Waals surface area contributed by atoms with Crippen LogP contribution >= 0.6 is 0 Å². The van der Waals surface area contributed by atoms with Gasteiger partial charge in [0.2, 0.25) is 0 Å². The molecule has 0 radical (unpaired) electrons. The van der Waals surface area contributed by atoms with Gasteiger partial charge in [-0.1, -0.05) is 27.7 Å². The topological polar surface area (TPSA) is 60.7 Å². The lowest BCUT2D eigenvalue weighted by Crippen LogP contribution is -2.43. The van der Waals surface area contributed by atoms with Gasteiger partial charge >= 0.3 is 0 Å². The molecule has 0 heterocycles. The maximum absolute atomic E-state index is 10.1. The van der Waals surface area contributed by atoms with E-state index in [1.165, 1.54) is 0 Å². The van der Waals surface area contributed by atoms with E-state index in [1.54, 1.807) is 6.92 Å². The molecular weight excluding hydrogens is 204 g/mol. The number of aliphatic hydroxyl groups is 3. The molecule has 3 unspecified atom stereocenters. The Balaban J connectivity index is 4.26. The Morgan fingerprint density at radius 1 is 1.06 bits per heavy atom. The van der Waals surface area contributed by atoms with Crippen LogP contribution in [0.4, 0.5) is 0 Å². The van der Waals surface area contributed by atoms with Gasteiger partial charge in [0.15, 0.2) is 0 Å². The van der Waals surface area contributed by atoms with Crippen LogP contribution in [-0.4, -0.2) is 33.6 Å². The van der Waals surface area contributed by atoms with Gasteiger partial charge in [-0.15, -0.1) is 0 Å². The molecule has 0 aromatic carbocycles. The van der Waals surface area contributed by atoms with Crippen molar-refractivity contribution in [3.63, 3.8) is 0 Å². The molecule has 16 heavy (non-hydrogen) atoms. The lowest BCUT2D eigenvalue weighted by molar-refractivity contribution is -0.0911. The Labute approximate surface area is 99.5 Å². The number of hydrogen-bond donors (Lipinski definition) is 3. The van der Waals surface area contributed by atoms with E-state index >= 15 is 0 Å². The molecule has 0 aliphatic carbocycles. The molecule has 0 amide bonds. The van der Waals surface area contributed by atoms with Crippen molar-refractivity contribution in [1.82, 2.24) is 0 Å². The molecule has 98 valence electrons. The first-order chi connectivity index (χ1) is 7.22. The van der Waals surface area contributed by atoms with Gasteiger partial charge in [0.1, 0.15) is 0 Å². The summed E-state index contributed by atoms with van der Waals surface area (Å²) in [6.45, 7) is 9.73. The van der Waals surface area contributed by atoms with E-state index in [1.807, 2.05) is 13.8 Å². The Bertz CT molecular complexity index is 188. The molecular formula is C13H28O3. The van der Waals surface area contributed by atoms with Crippen molar-refractivity contribution in [3.8, 4) is 0 Å². The highest BCUT2D eigenvalue weighted by atomic mass is 16.3. The second-order valence-electron chi connectivity index (χ2n) is 5.77. The van der Waals surface area contributed by atoms with Gasteiger partial charge < -0.3 is 15.3 Å². The lowest BCUT2D eigenvalue weighted by Gasteiger charge is -2.33. The second kappa shape index (κ2) is 6.58. The fourth-order valence-corrected chi connectivity index (χ4v) is 1.98. The molecule has 0 fully saturated rings. The summed E-state index contributed by atoms with van der Waals surface area (Å²) in [5.41, 5.74) is -1.06. The second-order valence-corrected chi connectivity index (χ2v) is 5.77. The third-order valence-electron chi connectivity index (χ3n) is 3.47. The smallest absolute Gasteiger partial charge is 0.0880 e. The molecule has 0 aromatic heterocycles. The highest BCUT2D eigenvalue weighted by Gasteiger charge is 2.33. The predicted molar refractivity (Wildman–Crippen MR) is 66.1 cm³/mol. The molecule has 0 aromatic rings. The van der Waals surface area contributed by atoms with Crippen molar-refractivity contribution in [2.45, 2.75) is 59.2 Å². The zero-order valence-corrected chi connectivity index (χ0v) is 11.3. The molecule has 0 saturated heterocycles. The SMILES string of the molecule is CC(C)C(CO)CCC(C)(O)C(O)C(C)C. The van der Waals surface area contributed by atoms with E-state index in [2.05, 4.69) is 13.8 Å². The van der Waals surface area contributed by atoms with Crippen LogP contribution in [0.15, 0.2) is 0 Å². The summed E-state index contributed by atoms with van der Waals surface area (Å²) < 4.78 is 0. The standard InChI is InChI=1S/C13H28O3/c1-9(2)11(8-14)6-7-13(5,16)12(15)10(3)4/h9-12,14-16H,6-8H2,1-5H3. The van der Waals surface area contributed by atoms with E-state index in [9.17, 15) is 15.3 Å². The minimum atomic E-state index is -1.06. The number of rotatable bonds is 7. The van der Waals surface area contributed by atoms with Gasteiger partial charge in [0, 0.05) is 6.61 Å². The lowest BCUT2D eigenvalue weighted by atomic mass is 9.82. The van der Waals surface area contributed by atoms with Crippen LogP contribution in [0.1, 0.15) is 47.5 Å². The Morgan fingerprint density at radius 3 is 1.88 bits per heavy atom. The van der Waals surface area contributed by atoms with E-state index < -0.39 is 11.7 Å². The average molecular weight is 232 g/mol. The molecule has 3 atom stereocenters. The molecule has 3 heteroatoms. The first kappa shape index (κ1) is 15.9. The van der Waals surface area contributed by atoms with Crippen LogP contribution < -0.4 is 0 Å². The maximum Gasteiger partial charge on any atom is 0.0880 e. The van der Waals surface area contributed by atoms with Crippen molar-refractivity contribution < 1.29 is 15.3 Å². The number of hydrogen-bond acceptors (Lipinski definition) is 3. The summed E-state index contributed by atoms with van der Waals surface area (Å²) in [7, 11) is 0. The van der Waals surface area contributed by atoms with Crippen LogP contribution in [0.3, 0.4) is 0 Å². The molecule has 0 aliphatic rings. The molecule has 0 spiro atoms. The third kappa shape index (κ3) is 4.81. The molecule has 3 nitrogen and oxygen atoms in total. The minimum Gasteiger partial charge on any atom is -0.396 e.